The number of carbonyl (C=O) groups excluding carboxylic acids is 4. The van der Waals surface area contributed by atoms with Gasteiger partial charge in [0.2, 0.25) is 5.91 Å². The Labute approximate surface area is 228 Å². The van der Waals surface area contributed by atoms with Gasteiger partial charge in [0.25, 0.3) is 5.91 Å². The fourth-order valence-corrected chi connectivity index (χ4v) is 2.44. The molecule has 1 aromatic rings. The zero-order valence-corrected chi connectivity index (χ0v) is 21.1. The van der Waals surface area contributed by atoms with Crippen LogP contribution in [0.2, 0.25) is 0 Å². The van der Waals surface area contributed by atoms with Gasteiger partial charge in [-0.15, -0.1) is 0 Å². The summed E-state index contributed by atoms with van der Waals surface area (Å²) in [5, 5.41) is 35.7. The van der Waals surface area contributed by atoms with Gasteiger partial charge in [0.1, 0.15) is 5.75 Å². The number of carbonyl (C=O) groups is 4. The van der Waals surface area contributed by atoms with Gasteiger partial charge in [-0.2, -0.15) is 0 Å². The van der Waals surface area contributed by atoms with Gasteiger partial charge >= 0.3 is 59.1 Å². The third-order valence-corrected chi connectivity index (χ3v) is 4.07. The number of hydrogen-bond donors (Lipinski definition) is 3. The quantitative estimate of drug-likeness (QED) is 0.295. The molecule has 0 bridgehead atoms. The van der Waals surface area contributed by atoms with Crippen LogP contribution in [0, 0.1) is 11.8 Å². The standard InChI is InChI=1S/C18H24N2O7.2CH4.2Na/c1-3-12(6-10(2)18(26)27)16(24)19-8-11-4-5-14(21)13(7-11)17(25)20-9-15(22)23;;;;/h4-5,7,10,12,21H,3,6,8-9H2,1-2H3,(H,19,24)(H,20,25)(H,22,23)(H,26,27);2*1H4;;/q;;;2*+1/p-2. The fourth-order valence-electron chi connectivity index (χ4n) is 2.44. The summed E-state index contributed by atoms with van der Waals surface area (Å²) in [4.78, 5) is 45.4. The van der Waals surface area contributed by atoms with Crippen LogP contribution in [0.5, 0.6) is 5.75 Å². The van der Waals surface area contributed by atoms with E-state index in [4.69, 9.17) is 0 Å². The average Bonchev–Trinajstić information content (AvgIpc) is 2.62. The van der Waals surface area contributed by atoms with Crippen molar-refractivity contribution in [2.24, 2.45) is 11.8 Å². The molecule has 2 atom stereocenters. The Morgan fingerprint density at radius 3 is 2.13 bits per heavy atom. The van der Waals surface area contributed by atoms with Gasteiger partial charge in [-0.05, 0) is 36.5 Å². The van der Waals surface area contributed by atoms with E-state index >= 15 is 0 Å². The molecule has 0 spiro atoms. The summed E-state index contributed by atoms with van der Waals surface area (Å²) in [6, 6.07) is 4.08. The number of phenolic OH excluding ortho intramolecular Hbond substituents is 1. The minimum atomic E-state index is -1.47. The number of nitrogens with one attached hydrogen (secondary N) is 2. The van der Waals surface area contributed by atoms with E-state index in [1.165, 1.54) is 25.1 Å². The van der Waals surface area contributed by atoms with Crippen molar-refractivity contribution >= 4 is 23.8 Å². The molecule has 0 radical (unpaired) electrons. The maximum absolute atomic E-state index is 12.2. The van der Waals surface area contributed by atoms with Crippen molar-refractivity contribution in [2.75, 3.05) is 6.54 Å². The molecule has 0 saturated carbocycles. The molecule has 0 aromatic heterocycles. The minimum Gasteiger partial charge on any atom is -0.550 e. The Morgan fingerprint density at radius 2 is 1.65 bits per heavy atom. The van der Waals surface area contributed by atoms with Crippen molar-refractivity contribution in [2.45, 2.75) is 48.1 Å². The maximum Gasteiger partial charge on any atom is 1.00 e. The van der Waals surface area contributed by atoms with Gasteiger partial charge in [0.15, 0.2) is 0 Å². The molecule has 2 unspecified atom stereocenters. The summed E-state index contributed by atoms with van der Waals surface area (Å²) in [7, 11) is 0. The second-order valence-electron chi connectivity index (χ2n) is 6.18. The van der Waals surface area contributed by atoms with E-state index in [1.807, 2.05) is 0 Å². The number of rotatable bonds is 10. The average molecular weight is 456 g/mol. The predicted molar refractivity (Wildman–Crippen MR) is 103 cm³/mol. The van der Waals surface area contributed by atoms with Crippen molar-refractivity contribution in [3.05, 3.63) is 29.3 Å². The smallest absolute Gasteiger partial charge is 0.550 e. The summed E-state index contributed by atoms with van der Waals surface area (Å²) in [6.07, 6.45) is 0.604. The van der Waals surface area contributed by atoms with Crippen LogP contribution in [0.25, 0.3) is 0 Å². The monoisotopic (exact) mass is 456 g/mol. The molecule has 1 rings (SSSR count). The Hall–Kier alpha value is -1.10. The number of carboxylic acid groups (broad SMARTS) is 2. The molecule has 1 aromatic carbocycles. The largest absolute Gasteiger partial charge is 1.00 e. The number of amides is 2. The topological polar surface area (TPSA) is 159 Å². The number of carboxylic acids is 2. The molecular formula is C20H30N2Na2O7. The van der Waals surface area contributed by atoms with Crippen LogP contribution in [0.4, 0.5) is 0 Å². The maximum atomic E-state index is 12.2. The Balaban J connectivity index is -0.000000911. The summed E-state index contributed by atoms with van der Waals surface area (Å²) >= 11 is 0. The third kappa shape index (κ3) is 13.1. The first-order valence-corrected chi connectivity index (χ1v) is 8.44. The molecule has 0 aliphatic carbocycles. The van der Waals surface area contributed by atoms with E-state index in [2.05, 4.69) is 10.6 Å². The van der Waals surface area contributed by atoms with E-state index < -0.39 is 36.2 Å². The van der Waals surface area contributed by atoms with Gasteiger partial charge in [-0.1, -0.05) is 34.8 Å². The number of benzene rings is 1. The van der Waals surface area contributed by atoms with Gasteiger partial charge in [-0.3, -0.25) is 9.59 Å². The molecule has 9 nitrogen and oxygen atoms in total. The molecule has 2 amide bonds. The number of aliphatic carboxylic acids is 2. The molecule has 11 heteroatoms. The van der Waals surface area contributed by atoms with E-state index in [0.29, 0.717) is 12.0 Å². The molecule has 0 saturated heterocycles. The molecule has 0 aliphatic heterocycles. The van der Waals surface area contributed by atoms with E-state index in [9.17, 15) is 34.5 Å². The first-order valence-electron chi connectivity index (χ1n) is 8.44. The van der Waals surface area contributed by atoms with Crippen LogP contribution in [-0.2, 0) is 20.9 Å². The molecule has 0 aliphatic rings. The second-order valence-corrected chi connectivity index (χ2v) is 6.18. The van der Waals surface area contributed by atoms with Crippen molar-refractivity contribution in [3.8, 4) is 5.75 Å². The number of hydrogen-bond acceptors (Lipinski definition) is 7. The predicted octanol–water partition coefficient (Wildman–Crippen LogP) is -6.43. The van der Waals surface area contributed by atoms with Crippen LogP contribution in [-0.4, -0.2) is 35.4 Å². The van der Waals surface area contributed by atoms with Gasteiger partial charge in [-0.25, -0.2) is 0 Å². The second kappa shape index (κ2) is 18.5. The SMILES string of the molecule is C.C.CCC(CC(C)C(=O)[O-])C(=O)NCc1ccc(O)c(C(=O)NCC(=O)[O-])c1.[Na+].[Na+]. The van der Waals surface area contributed by atoms with Crippen LogP contribution in [0.3, 0.4) is 0 Å². The van der Waals surface area contributed by atoms with Crippen LogP contribution < -0.4 is 80.0 Å². The molecule has 3 N–H and O–H groups in total. The summed E-state index contributed by atoms with van der Waals surface area (Å²) < 4.78 is 0. The molecule has 31 heavy (non-hydrogen) atoms. The van der Waals surface area contributed by atoms with E-state index in [1.54, 1.807) is 6.92 Å². The van der Waals surface area contributed by atoms with E-state index in [0.717, 1.165) is 0 Å². The summed E-state index contributed by atoms with van der Waals surface area (Å²) in [5.41, 5.74) is 0.364. The first kappa shape index (κ1) is 37.2. The first-order chi connectivity index (χ1) is 12.6. The Kier molecular flexibility index (Phi) is 22.2. The van der Waals surface area contributed by atoms with Crippen molar-refractivity contribution in [1.29, 1.82) is 0 Å². The Bertz CT molecular complexity index is 729. The fraction of sp³-hybridized carbons (Fsp3) is 0.500. The normalized spacial score (nSPS) is 11.0. The minimum absolute atomic E-state index is 0. The summed E-state index contributed by atoms with van der Waals surface area (Å²) in [5.74, 6) is -5.40. The zero-order valence-electron chi connectivity index (χ0n) is 17.1. The number of aromatic hydroxyl groups is 1. The van der Waals surface area contributed by atoms with Crippen molar-refractivity contribution in [1.82, 2.24) is 10.6 Å². The van der Waals surface area contributed by atoms with Crippen LogP contribution in [0.15, 0.2) is 18.2 Å². The Morgan fingerprint density at radius 1 is 1.06 bits per heavy atom. The van der Waals surface area contributed by atoms with Gasteiger partial charge < -0.3 is 35.5 Å². The molecular weight excluding hydrogens is 426 g/mol. The molecule has 164 valence electrons. The van der Waals surface area contributed by atoms with Crippen molar-refractivity contribution < 1.29 is 93.6 Å². The van der Waals surface area contributed by atoms with Crippen LogP contribution in [0.1, 0.15) is 57.5 Å². The zero-order chi connectivity index (χ0) is 20.6. The van der Waals surface area contributed by atoms with Crippen LogP contribution >= 0.6 is 0 Å². The molecule has 0 fully saturated rings. The molecule has 0 heterocycles. The third-order valence-electron chi connectivity index (χ3n) is 4.07. The van der Waals surface area contributed by atoms with E-state index in [-0.39, 0.29) is 104 Å². The summed E-state index contributed by atoms with van der Waals surface area (Å²) in [6.45, 7) is 2.60. The number of phenols is 1. The van der Waals surface area contributed by atoms with Crippen molar-refractivity contribution in [3.63, 3.8) is 0 Å². The van der Waals surface area contributed by atoms with Gasteiger partial charge in [0.05, 0.1) is 18.1 Å². The van der Waals surface area contributed by atoms with Gasteiger partial charge in [0, 0.05) is 18.4 Å².